The fourth-order valence-electron chi connectivity index (χ4n) is 12.2. The number of aliphatic hydroxyl groups is 8. The molecule has 0 spiro atoms. The number of hydrogen-bond acceptors (Lipinski definition) is 14. The number of aliphatic hydroxyl groups excluding tert-OH is 8. The van der Waals surface area contributed by atoms with Crippen LogP contribution in [0, 0.1) is 46.3 Å². The van der Waals surface area contributed by atoms with Gasteiger partial charge in [0.1, 0.15) is 49.3 Å². The molecule has 316 valence electrons. The van der Waals surface area contributed by atoms with Gasteiger partial charge in [-0.2, -0.15) is 0 Å². The molecular formula is C41H68O14. The fraction of sp³-hybridized carbons (Fsp3) is 0.927. The zero-order valence-electron chi connectivity index (χ0n) is 33.5. The van der Waals surface area contributed by atoms with Crippen molar-refractivity contribution in [1.82, 2.24) is 0 Å². The second-order valence-corrected chi connectivity index (χ2v) is 18.7. The van der Waals surface area contributed by atoms with E-state index >= 15 is 0 Å². The average molecular weight is 785 g/mol. The number of carbonyl (C=O) groups is 1. The maximum absolute atomic E-state index is 11.7. The van der Waals surface area contributed by atoms with Crippen LogP contribution in [0.4, 0.5) is 0 Å². The molecular weight excluding hydrogens is 716 g/mol. The smallest absolute Gasteiger partial charge is 0.302 e. The molecule has 14 heteroatoms. The molecule has 0 aromatic rings. The normalized spacial score (nSPS) is 50.9. The van der Waals surface area contributed by atoms with Gasteiger partial charge in [0, 0.05) is 13.3 Å². The molecule has 4 aliphatic carbocycles. The maximum atomic E-state index is 11.7. The number of ether oxygens (including phenoxy) is 5. The molecule has 6 aliphatic rings. The second kappa shape index (κ2) is 16.8. The Hall–Kier alpha value is -1.27. The van der Waals surface area contributed by atoms with Crippen molar-refractivity contribution in [3.63, 3.8) is 0 Å². The summed E-state index contributed by atoms with van der Waals surface area (Å²) in [7, 11) is 0. The molecule has 4 saturated carbocycles. The predicted molar refractivity (Wildman–Crippen MR) is 197 cm³/mol. The van der Waals surface area contributed by atoms with Crippen LogP contribution in [-0.2, 0) is 28.5 Å². The second-order valence-electron chi connectivity index (χ2n) is 18.7. The summed E-state index contributed by atoms with van der Waals surface area (Å²) in [6, 6.07) is 0. The third-order valence-corrected chi connectivity index (χ3v) is 15.3. The Bertz CT molecular complexity index is 1360. The minimum Gasteiger partial charge on any atom is -0.463 e. The van der Waals surface area contributed by atoms with E-state index in [9.17, 15) is 45.6 Å². The highest BCUT2D eigenvalue weighted by Crippen LogP contribution is 2.69. The molecule has 0 amide bonds. The van der Waals surface area contributed by atoms with Gasteiger partial charge in [0.15, 0.2) is 12.6 Å². The van der Waals surface area contributed by atoms with E-state index in [0.29, 0.717) is 25.7 Å². The summed E-state index contributed by atoms with van der Waals surface area (Å²) in [5, 5.41) is 87.3. The van der Waals surface area contributed by atoms with E-state index in [0.717, 1.165) is 31.3 Å². The summed E-state index contributed by atoms with van der Waals surface area (Å²) in [6.45, 7) is 13.1. The van der Waals surface area contributed by atoms with Gasteiger partial charge < -0.3 is 64.5 Å². The van der Waals surface area contributed by atoms with Crippen LogP contribution in [0.2, 0.25) is 0 Å². The number of allylic oxidation sites excluding steroid dienone is 1. The van der Waals surface area contributed by atoms with Gasteiger partial charge in [-0.1, -0.05) is 32.4 Å². The van der Waals surface area contributed by atoms with Crippen LogP contribution in [-0.4, -0.2) is 139 Å². The molecule has 2 heterocycles. The Morgan fingerprint density at radius 2 is 1.47 bits per heavy atom. The molecule has 0 aromatic heterocycles. The molecule has 22 atom stereocenters. The number of carbonyl (C=O) groups excluding carboxylic acids is 1. The molecule has 6 rings (SSSR count). The van der Waals surface area contributed by atoms with Crippen molar-refractivity contribution in [2.45, 2.75) is 186 Å². The van der Waals surface area contributed by atoms with E-state index in [1.165, 1.54) is 6.92 Å². The minimum absolute atomic E-state index is 0.131. The topological polar surface area (TPSA) is 225 Å². The standard InChI is InChI=1S/C41H68O14/c1-18(2)8-11-27(44)19(3)31-28(53-39-37(50)35(48)33(46)29(54-39)17-51-21(5)42)16-26-24-10-9-22-14-23(43)15-30(41(22,7)25(24)12-13-40(26,31)6)55-38-36(49)34(47)32(45)20(4)52-38/h8,19-20,22-39,43-50H,9-17H2,1-7H3/t19-,20+,22+,23-,24-,25+,26+,27+,28+,29-,30-,31+,32+,33-,34-,35+,36-,37-,38+,39-,40+,41+/m1/s1. The fourth-order valence-corrected chi connectivity index (χ4v) is 12.2. The Balaban J connectivity index is 1.30. The summed E-state index contributed by atoms with van der Waals surface area (Å²) in [5.41, 5.74) is 0.399. The quantitative estimate of drug-likeness (QED) is 0.116. The van der Waals surface area contributed by atoms with Crippen LogP contribution >= 0.6 is 0 Å². The molecule has 55 heavy (non-hydrogen) atoms. The lowest BCUT2D eigenvalue weighted by molar-refractivity contribution is -0.328. The largest absolute Gasteiger partial charge is 0.463 e. The third kappa shape index (κ3) is 8.06. The number of rotatable bonds is 10. The summed E-state index contributed by atoms with van der Waals surface area (Å²) in [6.07, 6.45) is -7.94. The molecule has 6 fully saturated rings. The van der Waals surface area contributed by atoms with Crippen LogP contribution in [0.15, 0.2) is 11.6 Å². The Morgan fingerprint density at radius 1 is 0.818 bits per heavy atom. The third-order valence-electron chi connectivity index (χ3n) is 15.3. The first-order valence-corrected chi connectivity index (χ1v) is 20.6. The summed E-state index contributed by atoms with van der Waals surface area (Å²) >= 11 is 0. The summed E-state index contributed by atoms with van der Waals surface area (Å²) in [4.78, 5) is 11.6. The maximum Gasteiger partial charge on any atom is 0.302 e. The van der Waals surface area contributed by atoms with Crippen LogP contribution in [0.3, 0.4) is 0 Å². The van der Waals surface area contributed by atoms with Gasteiger partial charge in [-0.15, -0.1) is 0 Å². The molecule has 2 aliphatic heterocycles. The van der Waals surface area contributed by atoms with Crippen LogP contribution in [0.1, 0.15) is 99.8 Å². The summed E-state index contributed by atoms with van der Waals surface area (Å²) in [5.74, 6) is -0.314. The molecule has 0 bridgehead atoms. The Labute approximate surface area is 325 Å². The minimum atomic E-state index is -1.60. The lowest BCUT2D eigenvalue weighted by atomic mass is 9.43. The average Bonchev–Trinajstić information content (AvgIpc) is 3.43. The molecule has 0 aromatic carbocycles. The van der Waals surface area contributed by atoms with Crippen LogP contribution in [0.5, 0.6) is 0 Å². The lowest BCUT2D eigenvalue weighted by Crippen LogP contribution is -2.63. The lowest BCUT2D eigenvalue weighted by Gasteiger charge is -2.63. The van der Waals surface area contributed by atoms with Gasteiger partial charge in [-0.3, -0.25) is 4.79 Å². The van der Waals surface area contributed by atoms with Crippen molar-refractivity contribution in [2.24, 2.45) is 46.3 Å². The molecule has 14 nitrogen and oxygen atoms in total. The van der Waals surface area contributed by atoms with Crippen molar-refractivity contribution in [2.75, 3.05) is 6.61 Å². The van der Waals surface area contributed by atoms with Gasteiger partial charge in [0.2, 0.25) is 0 Å². The number of hydrogen-bond donors (Lipinski definition) is 8. The SMILES string of the molecule is CC(=O)OC[C@H]1O[C@@H](O[C@H]2C[C@H]3[C@@H]4CC[C@H]5C[C@@H](O)C[C@@H](O[C@@H]6O[C@@H](C)[C@H](O)[C@@H](O)[C@H]6O)[C@]5(C)[C@H]4CC[C@]3(C)[C@H]2[C@H](C)[C@@H](O)CC=C(C)C)[C@H](O)[C@@H](O)[C@@H]1O. The van der Waals surface area contributed by atoms with Crippen molar-refractivity contribution in [3.8, 4) is 0 Å². The molecule has 0 radical (unpaired) electrons. The first-order valence-electron chi connectivity index (χ1n) is 20.6. The Kier molecular flexibility index (Phi) is 13.2. The Morgan fingerprint density at radius 3 is 2.13 bits per heavy atom. The van der Waals surface area contributed by atoms with Gasteiger partial charge in [-0.25, -0.2) is 0 Å². The van der Waals surface area contributed by atoms with Crippen LogP contribution in [0.25, 0.3) is 0 Å². The van der Waals surface area contributed by atoms with E-state index in [2.05, 4.69) is 20.8 Å². The van der Waals surface area contributed by atoms with E-state index in [1.807, 2.05) is 19.9 Å². The van der Waals surface area contributed by atoms with Gasteiger partial charge >= 0.3 is 5.97 Å². The number of esters is 1. The first kappa shape index (κ1) is 43.3. The zero-order chi connectivity index (χ0) is 40.3. The van der Waals surface area contributed by atoms with E-state index in [4.69, 9.17) is 23.7 Å². The van der Waals surface area contributed by atoms with Crippen molar-refractivity contribution in [3.05, 3.63) is 11.6 Å². The van der Waals surface area contributed by atoms with Crippen LogP contribution < -0.4 is 0 Å². The molecule has 8 N–H and O–H groups in total. The van der Waals surface area contributed by atoms with Crippen molar-refractivity contribution in [1.29, 1.82) is 0 Å². The van der Waals surface area contributed by atoms with Gasteiger partial charge in [0.05, 0.1) is 30.5 Å². The monoisotopic (exact) mass is 784 g/mol. The first-order chi connectivity index (χ1) is 25.8. The predicted octanol–water partition coefficient (Wildman–Crippen LogP) is 1.55. The van der Waals surface area contributed by atoms with Crippen molar-refractivity contribution < 1.29 is 69.3 Å². The van der Waals surface area contributed by atoms with E-state index in [-0.39, 0.29) is 47.5 Å². The van der Waals surface area contributed by atoms with Gasteiger partial charge in [-0.05, 0) is 112 Å². The molecule has 0 unspecified atom stereocenters. The highest BCUT2D eigenvalue weighted by molar-refractivity contribution is 5.65. The number of fused-ring (bicyclic) bond motifs is 5. The van der Waals surface area contributed by atoms with Crippen molar-refractivity contribution >= 4 is 5.97 Å². The van der Waals surface area contributed by atoms with E-state index < -0.39 is 97.2 Å². The van der Waals surface area contributed by atoms with E-state index in [1.54, 1.807) is 6.92 Å². The zero-order valence-corrected chi connectivity index (χ0v) is 33.5. The van der Waals surface area contributed by atoms with Gasteiger partial charge in [0.25, 0.3) is 0 Å². The molecule has 2 saturated heterocycles. The highest BCUT2D eigenvalue weighted by atomic mass is 16.7. The summed E-state index contributed by atoms with van der Waals surface area (Å²) < 4.78 is 30.4. The highest BCUT2D eigenvalue weighted by Gasteiger charge is 2.66.